The van der Waals surface area contributed by atoms with Gasteiger partial charge in [0, 0.05) is 24.7 Å². The van der Waals surface area contributed by atoms with Crippen molar-refractivity contribution in [2.24, 2.45) is 5.73 Å². The van der Waals surface area contributed by atoms with Crippen LogP contribution < -0.4 is 5.73 Å². The predicted molar refractivity (Wildman–Crippen MR) is 59.2 cm³/mol. The highest BCUT2D eigenvalue weighted by molar-refractivity contribution is 5.85. The van der Waals surface area contributed by atoms with Crippen molar-refractivity contribution in [3.8, 4) is 0 Å². The molecular formula is C11H20N2O2. The van der Waals surface area contributed by atoms with Crippen LogP contribution in [0.4, 0.5) is 0 Å². The van der Waals surface area contributed by atoms with Gasteiger partial charge in [0.25, 0.3) is 0 Å². The summed E-state index contributed by atoms with van der Waals surface area (Å²) in [6.07, 6.45) is 4.66. The summed E-state index contributed by atoms with van der Waals surface area (Å²) in [5, 5.41) is 9.39. The fourth-order valence-electron chi connectivity index (χ4n) is 1.83. The van der Waals surface area contributed by atoms with E-state index in [4.69, 9.17) is 5.73 Å². The van der Waals surface area contributed by atoms with Gasteiger partial charge in [-0.2, -0.15) is 0 Å². The van der Waals surface area contributed by atoms with Crippen molar-refractivity contribution in [2.45, 2.75) is 38.3 Å². The number of carbonyl (C=O) groups excluding carboxylic acids is 1. The van der Waals surface area contributed by atoms with E-state index in [1.807, 2.05) is 19.9 Å². The molecule has 0 spiro atoms. The second-order valence-corrected chi connectivity index (χ2v) is 4.61. The van der Waals surface area contributed by atoms with Crippen LogP contribution in [-0.2, 0) is 4.79 Å². The van der Waals surface area contributed by atoms with Gasteiger partial charge < -0.3 is 10.8 Å². The second-order valence-electron chi connectivity index (χ2n) is 4.61. The van der Waals surface area contributed by atoms with E-state index in [1.54, 1.807) is 0 Å². The van der Waals surface area contributed by atoms with Crippen molar-refractivity contribution < 1.29 is 9.90 Å². The van der Waals surface area contributed by atoms with E-state index in [1.165, 1.54) is 6.08 Å². The lowest BCUT2D eigenvalue weighted by Crippen LogP contribution is -2.48. The summed E-state index contributed by atoms with van der Waals surface area (Å²) in [6, 6.07) is 0. The molecule has 3 N–H and O–H groups in total. The molecular weight excluding hydrogens is 192 g/mol. The molecule has 15 heavy (non-hydrogen) atoms. The van der Waals surface area contributed by atoms with Crippen molar-refractivity contribution in [1.82, 2.24) is 4.90 Å². The highest BCUT2D eigenvalue weighted by Crippen LogP contribution is 2.21. The summed E-state index contributed by atoms with van der Waals surface area (Å²) in [5.41, 5.74) is 4.90. The van der Waals surface area contributed by atoms with Crippen molar-refractivity contribution in [3.63, 3.8) is 0 Å². The Morgan fingerprint density at radius 1 is 1.47 bits per heavy atom. The molecule has 4 heteroatoms. The molecule has 86 valence electrons. The van der Waals surface area contributed by atoms with Crippen LogP contribution in [0.5, 0.6) is 0 Å². The molecule has 0 radical (unpaired) electrons. The summed E-state index contributed by atoms with van der Waals surface area (Å²) in [5.74, 6) is -0.417. The molecule has 0 atom stereocenters. The first kappa shape index (κ1) is 12.2. The van der Waals surface area contributed by atoms with E-state index < -0.39 is 5.91 Å². The minimum Gasteiger partial charge on any atom is -0.393 e. The number of primary amides is 1. The summed E-state index contributed by atoms with van der Waals surface area (Å²) < 4.78 is 0. The van der Waals surface area contributed by atoms with Gasteiger partial charge in [0.2, 0.25) is 5.91 Å². The van der Waals surface area contributed by atoms with Gasteiger partial charge in [-0.1, -0.05) is 6.08 Å². The Morgan fingerprint density at radius 3 is 2.47 bits per heavy atom. The van der Waals surface area contributed by atoms with Crippen LogP contribution in [0.15, 0.2) is 12.2 Å². The Hall–Kier alpha value is -0.870. The molecule has 4 nitrogen and oxygen atoms in total. The lowest BCUT2D eigenvalue weighted by atomic mass is 9.97. The second kappa shape index (κ2) is 4.77. The van der Waals surface area contributed by atoms with Gasteiger partial charge in [-0.15, -0.1) is 0 Å². The maximum Gasteiger partial charge on any atom is 0.241 e. The Bertz CT molecular complexity index is 253. The molecule has 1 aliphatic rings. The number of nitrogens with two attached hydrogens (primary N) is 1. The first-order chi connectivity index (χ1) is 6.92. The molecule has 1 aliphatic heterocycles. The zero-order chi connectivity index (χ0) is 11.5. The normalized spacial score (nSPS) is 21.0. The average molecular weight is 212 g/mol. The molecule has 1 heterocycles. The summed E-state index contributed by atoms with van der Waals surface area (Å²) in [6.45, 7) is 5.81. The number of hydrogen-bond acceptors (Lipinski definition) is 3. The lowest BCUT2D eigenvalue weighted by molar-refractivity contribution is -0.113. The molecule has 0 saturated carbocycles. The molecule has 1 fully saturated rings. The molecule has 0 aromatic heterocycles. The molecule has 0 bridgehead atoms. The number of aliphatic hydroxyl groups excluding tert-OH is 1. The van der Waals surface area contributed by atoms with E-state index in [9.17, 15) is 9.90 Å². The number of likely N-dealkylation sites (tertiary alicyclic amines) is 1. The smallest absolute Gasteiger partial charge is 0.241 e. The lowest BCUT2D eigenvalue weighted by Gasteiger charge is -2.40. The van der Waals surface area contributed by atoms with Crippen molar-refractivity contribution >= 4 is 5.91 Å². The third-order valence-corrected chi connectivity index (χ3v) is 2.93. The van der Waals surface area contributed by atoms with Gasteiger partial charge >= 0.3 is 0 Å². The maximum atomic E-state index is 10.7. The monoisotopic (exact) mass is 212 g/mol. The summed E-state index contributed by atoms with van der Waals surface area (Å²) >= 11 is 0. The zero-order valence-corrected chi connectivity index (χ0v) is 9.44. The number of piperidine rings is 1. The van der Waals surface area contributed by atoms with Gasteiger partial charge in [0.15, 0.2) is 0 Å². The summed E-state index contributed by atoms with van der Waals surface area (Å²) in [4.78, 5) is 12.9. The van der Waals surface area contributed by atoms with Crippen LogP contribution in [0, 0.1) is 0 Å². The Labute approximate surface area is 90.7 Å². The first-order valence-electron chi connectivity index (χ1n) is 5.33. The Kier molecular flexibility index (Phi) is 3.88. The molecule has 0 aromatic carbocycles. The quantitative estimate of drug-likeness (QED) is 0.660. The number of nitrogens with zero attached hydrogens (tertiary/aromatic N) is 1. The Balaban J connectivity index is 2.57. The van der Waals surface area contributed by atoms with Crippen LogP contribution in [-0.4, -0.2) is 40.6 Å². The van der Waals surface area contributed by atoms with Gasteiger partial charge in [-0.25, -0.2) is 0 Å². The van der Waals surface area contributed by atoms with Gasteiger partial charge in [-0.05, 0) is 26.7 Å². The van der Waals surface area contributed by atoms with E-state index in [-0.39, 0.29) is 11.6 Å². The number of hydrogen-bond donors (Lipinski definition) is 2. The number of carbonyl (C=O) groups is 1. The molecule has 1 rings (SSSR count). The zero-order valence-electron chi connectivity index (χ0n) is 9.44. The number of amides is 1. The molecule has 0 aliphatic carbocycles. The third-order valence-electron chi connectivity index (χ3n) is 2.93. The van der Waals surface area contributed by atoms with Crippen molar-refractivity contribution in [2.75, 3.05) is 13.1 Å². The largest absolute Gasteiger partial charge is 0.393 e. The standard InChI is InChI=1S/C11H20N2O2/c1-11(2,6-3-10(12)15)13-7-4-9(14)5-8-13/h3,6,9,14H,4-5,7-8H2,1-2H3,(H2,12,15). The minimum absolute atomic E-state index is 0.169. The SMILES string of the molecule is CC(C)(C=CC(N)=O)N1CCC(O)CC1. The number of rotatable bonds is 3. The van der Waals surface area contributed by atoms with E-state index in [2.05, 4.69) is 4.90 Å². The summed E-state index contributed by atoms with van der Waals surface area (Å²) in [7, 11) is 0. The Morgan fingerprint density at radius 2 is 2.00 bits per heavy atom. The maximum absolute atomic E-state index is 10.7. The predicted octanol–water partition coefficient (Wildman–Crippen LogP) is 0.263. The van der Waals surface area contributed by atoms with Crippen molar-refractivity contribution in [3.05, 3.63) is 12.2 Å². The van der Waals surface area contributed by atoms with Crippen LogP contribution in [0.2, 0.25) is 0 Å². The fraction of sp³-hybridized carbons (Fsp3) is 0.727. The van der Waals surface area contributed by atoms with Crippen molar-refractivity contribution in [1.29, 1.82) is 0 Å². The van der Waals surface area contributed by atoms with Crippen LogP contribution in [0.1, 0.15) is 26.7 Å². The van der Waals surface area contributed by atoms with Crippen LogP contribution >= 0.6 is 0 Å². The molecule has 0 aromatic rings. The van der Waals surface area contributed by atoms with E-state index in [0.717, 1.165) is 25.9 Å². The number of aliphatic hydroxyl groups is 1. The van der Waals surface area contributed by atoms with Crippen LogP contribution in [0.3, 0.4) is 0 Å². The minimum atomic E-state index is -0.417. The van der Waals surface area contributed by atoms with E-state index in [0.29, 0.717) is 0 Å². The van der Waals surface area contributed by atoms with Gasteiger partial charge in [0.1, 0.15) is 0 Å². The molecule has 1 amide bonds. The topological polar surface area (TPSA) is 66.6 Å². The van der Waals surface area contributed by atoms with E-state index >= 15 is 0 Å². The molecule has 0 unspecified atom stereocenters. The van der Waals surface area contributed by atoms with Gasteiger partial charge in [-0.3, -0.25) is 9.69 Å². The van der Waals surface area contributed by atoms with Gasteiger partial charge in [0.05, 0.1) is 6.10 Å². The average Bonchev–Trinajstić information content (AvgIpc) is 2.16. The first-order valence-corrected chi connectivity index (χ1v) is 5.33. The fourth-order valence-corrected chi connectivity index (χ4v) is 1.83. The highest BCUT2D eigenvalue weighted by atomic mass is 16.3. The van der Waals surface area contributed by atoms with Crippen LogP contribution in [0.25, 0.3) is 0 Å². The highest BCUT2D eigenvalue weighted by Gasteiger charge is 2.27. The molecule has 1 saturated heterocycles. The third kappa shape index (κ3) is 3.64.